The summed E-state index contributed by atoms with van der Waals surface area (Å²) in [4.78, 5) is 12.5. The average molecular weight is 414 g/mol. The van der Waals surface area contributed by atoms with Crippen molar-refractivity contribution in [1.29, 1.82) is 0 Å². The van der Waals surface area contributed by atoms with Crippen LogP contribution in [0.5, 0.6) is 17.2 Å². The minimum Gasteiger partial charge on any atom is -0.497 e. The SMILES string of the molecule is COc1ccc(-n2cnnc2SCC(=O)Nc2cc(OC)c(OC)cc2C)cc1. The summed E-state index contributed by atoms with van der Waals surface area (Å²) in [5.74, 6) is 1.96. The summed E-state index contributed by atoms with van der Waals surface area (Å²) < 4.78 is 17.6. The Morgan fingerprint density at radius 3 is 2.41 bits per heavy atom. The lowest BCUT2D eigenvalue weighted by molar-refractivity contribution is -0.113. The van der Waals surface area contributed by atoms with E-state index < -0.39 is 0 Å². The fourth-order valence-corrected chi connectivity index (χ4v) is 3.40. The van der Waals surface area contributed by atoms with Crippen molar-refractivity contribution < 1.29 is 19.0 Å². The van der Waals surface area contributed by atoms with E-state index in [2.05, 4.69) is 15.5 Å². The van der Waals surface area contributed by atoms with Crippen LogP contribution < -0.4 is 19.5 Å². The van der Waals surface area contributed by atoms with E-state index in [4.69, 9.17) is 14.2 Å². The summed E-state index contributed by atoms with van der Waals surface area (Å²) in [6.07, 6.45) is 1.61. The molecular formula is C20H22N4O4S. The summed E-state index contributed by atoms with van der Waals surface area (Å²) in [5, 5.41) is 11.6. The van der Waals surface area contributed by atoms with Crippen LogP contribution >= 0.6 is 11.8 Å². The number of benzene rings is 2. The summed E-state index contributed by atoms with van der Waals surface area (Å²) in [6.45, 7) is 1.89. The van der Waals surface area contributed by atoms with Crippen LogP contribution in [0.2, 0.25) is 0 Å². The molecule has 29 heavy (non-hydrogen) atoms. The molecule has 0 aliphatic rings. The van der Waals surface area contributed by atoms with Crippen molar-refractivity contribution in [2.24, 2.45) is 0 Å². The molecule has 3 aromatic rings. The molecule has 152 valence electrons. The number of nitrogens with one attached hydrogen (secondary N) is 1. The van der Waals surface area contributed by atoms with E-state index >= 15 is 0 Å². The first-order valence-electron chi connectivity index (χ1n) is 8.75. The number of thioether (sulfide) groups is 1. The number of rotatable bonds is 8. The zero-order chi connectivity index (χ0) is 20.8. The Bertz CT molecular complexity index is 989. The number of methoxy groups -OCH3 is 3. The van der Waals surface area contributed by atoms with Crippen LogP contribution in [-0.4, -0.2) is 47.8 Å². The number of aryl methyl sites for hydroxylation is 1. The van der Waals surface area contributed by atoms with Gasteiger partial charge in [0.05, 0.1) is 27.1 Å². The molecule has 0 saturated carbocycles. The predicted molar refractivity (Wildman–Crippen MR) is 112 cm³/mol. The third-order valence-electron chi connectivity index (χ3n) is 4.20. The van der Waals surface area contributed by atoms with Gasteiger partial charge in [0.2, 0.25) is 5.91 Å². The molecular weight excluding hydrogens is 392 g/mol. The number of carbonyl (C=O) groups is 1. The summed E-state index contributed by atoms with van der Waals surface area (Å²) >= 11 is 1.30. The van der Waals surface area contributed by atoms with Crippen molar-refractivity contribution in [3.8, 4) is 22.9 Å². The Morgan fingerprint density at radius 2 is 1.76 bits per heavy atom. The standard InChI is InChI=1S/C20H22N4O4S/c1-13-9-17(27-3)18(28-4)10-16(13)22-19(25)11-29-20-23-21-12-24(20)14-5-7-15(26-2)8-6-14/h5-10,12H,11H2,1-4H3,(H,22,25). The first kappa shape index (κ1) is 20.5. The molecule has 1 aromatic heterocycles. The first-order valence-corrected chi connectivity index (χ1v) is 9.74. The predicted octanol–water partition coefficient (Wildman–Crippen LogP) is 3.33. The quantitative estimate of drug-likeness (QED) is 0.566. The molecule has 0 atom stereocenters. The lowest BCUT2D eigenvalue weighted by Crippen LogP contribution is -2.15. The largest absolute Gasteiger partial charge is 0.497 e. The molecule has 0 bridgehead atoms. The number of amides is 1. The van der Waals surface area contributed by atoms with Crippen LogP contribution in [0.25, 0.3) is 5.69 Å². The average Bonchev–Trinajstić information content (AvgIpc) is 3.22. The van der Waals surface area contributed by atoms with Crippen LogP contribution in [0.1, 0.15) is 5.56 Å². The molecule has 0 fully saturated rings. The van der Waals surface area contributed by atoms with E-state index in [1.165, 1.54) is 11.8 Å². The number of hydrogen-bond donors (Lipinski definition) is 1. The summed E-state index contributed by atoms with van der Waals surface area (Å²) in [6, 6.07) is 11.1. The lowest BCUT2D eigenvalue weighted by atomic mass is 10.1. The Morgan fingerprint density at radius 1 is 1.07 bits per heavy atom. The molecule has 3 rings (SSSR count). The molecule has 8 nitrogen and oxygen atoms in total. The smallest absolute Gasteiger partial charge is 0.234 e. The molecule has 2 aromatic carbocycles. The van der Waals surface area contributed by atoms with Crippen LogP contribution in [0.3, 0.4) is 0 Å². The first-order chi connectivity index (χ1) is 14.0. The van der Waals surface area contributed by atoms with Gasteiger partial charge in [0.25, 0.3) is 0 Å². The van der Waals surface area contributed by atoms with Gasteiger partial charge in [-0.2, -0.15) is 0 Å². The van der Waals surface area contributed by atoms with Gasteiger partial charge < -0.3 is 19.5 Å². The van der Waals surface area contributed by atoms with E-state index in [-0.39, 0.29) is 11.7 Å². The molecule has 1 heterocycles. The van der Waals surface area contributed by atoms with E-state index in [1.54, 1.807) is 33.7 Å². The number of hydrogen-bond acceptors (Lipinski definition) is 7. The monoisotopic (exact) mass is 414 g/mol. The Kier molecular flexibility index (Phi) is 6.61. The fraction of sp³-hybridized carbons (Fsp3) is 0.250. The van der Waals surface area contributed by atoms with Crippen molar-refractivity contribution in [2.45, 2.75) is 12.1 Å². The van der Waals surface area contributed by atoms with Gasteiger partial charge in [-0.15, -0.1) is 10.2 Å². The number of anilines is 1. The maximum absolute atomic E-state index is 12.5. The second kappa shape index (κ2) is 9.33. The van der Waals surface area contributed by atoms with Gasteiger partial charge >= 0.3 is 0 Å². The van der Waals surface area contributed by atoms with Gasteiger partial charge in [0.15, 0.2) is 16.7 Å². The van der Waals surface area contributed by atoms with Crippen molar-refractivity contribution in [3.63, 3.8) is 0 Å². The zero-order valence-corrected chi connectivity index (χ0v) is 17.4. The molecule has 1 amide bonds. The Balaban J connectivity index is 1.67. The van der Waals surface area contributed by atoms with Gasteiger partial charge in [-0.05, 0) is 42.8 Å². The van der Waals surface area contributed by atoms with Gasteiger partial charge in [0, 0.05) is 17.4 Å². The second-order valence-corrected chi connectivity index (χ2v) is 6.98. The third-order valence-corrected chi connectivity index (χ3v) is 5.15. The van der Waals surface area contributed by atoms with E-state index in [0.29, 0.717) is 22.3 Å². The summed E-state index contributed by atoms with van der Waals surface area (Å²) in [5.41, 5.74) is 2.43. The fourth-order valence-electron chi connectivity index (χ4n) is 2.67. The molecule has 0 aliphatic carbocycles. The number of ether oxygens (including phenoxy) is 3. The van der Waals surface area contributed by atoms with E-state index in [1.807, 2.05) is 41.8 Å². The van der Waals surface area contributed by atoms with Gasteiger partial charge in [0.1, 0.15) is 12.1 Å². The maximum Gasteiger partial charge on any atom is 0.234 e. The van der Waals surface area contributed by atoms with Gasteiger partial charge in [-0.1, -0.05) is 11.8 Å². The van der Waals surface area contributed by atoms with Crippen molar-refractivity contribution in [1.82, 2.24) is 14.8 Å². The minimum atomic E-state index is -0.158. The highest BCUT2D eigenvalue weighted by atomic mass is 32.2. The van der Waals surface area contributed by atoms with Crippen LogP contribution in [-0.2, 0) is 4.79 Å². The maximum atomic E-state index is 12.5. The zero-order valence-electron chi connectivity index (χ0n) is 16.6. The topological polar surface area (TPSA) is 87.5 Å². The molecule has 0 aliphatic heterocycles. The Labute approximate surface area is 173 Å². The summed E-state index contributed by atoms with van der Waals surface area (Å²) in [7, 11) is 4.75. The number of nitrogens with zero attached hydrogens (tertiary/aromatic N) is 3. The highest BCUT2D eigenvalue weighted by molar-refractivity contribution is 7.99. The molecule has 0 unspecified atom stereocenters. The number of carbonyl (C=O) groups excluding carboxylic acids is 1. The van der Waals surface area contributed by atoms with Crippen molar-refractivity contribution in [3.05, 3.63) is 48.3 Å². The van der Waals surface area contributed by atoms with Gasteiger partial charge in [-0.25, -0.2) is 0 Å². The van der Waals surface area contributed by atoms with E-state index in [0.717, 1.165) is 17.0 Å². The molecule has 0 radical (unpaired) electrons. The molecule has 0 saturated heterocycles. The molecule has 1 N–H and O–H groups in total. The van der Waals surface area contributed by atoms with Crippen LogP contribution in [0.15, 0.2) is 47.9 Å². The Hall–Kier alpha value is -3.20. The molecule has 0 spiro atoms. The number of aromatic nitrogens is 3. The van der Waals surface area contributed by atoms with Crippen LogP contribution in [0.4, 0.5) is 5.69 Å². The van der Waals surface area contributed by atoms with E-state index in [9.17, 15) is 4.79 Å². The second-order valence-electron chi connectivity index (χ2n) is 6.04. The van der Waals surface area contributed by atoms with Crippen LogP contribution in [0, 0.1) is 6.92 Å². The van der Waals surface area contributed by atoms with Gasteiger partial charge in [-0.3, -0.25) is 9.36 Å². The lowest BCUT2D eigenvalue weighted by Gasteiger charge is -2.13. The molecule has 9 heteroatoms. The normalized spacial score (nSPS) is 10.5. The van der Waals surface area contributed by atoms with Crippen molar-refractivity contribution >= 4 is 23.4 Å². The third kappa shape index (κ3) is 4.80. The minimum absolute atomic E-state index is 0.158. The van der Waals surface area contributed by atoms with Crippen molar-refractivity contribution in [2.75, 3.05) is 32.4 Å². The highest BCUT2D eigenvalue weighted by Gasteiger charge is 2.13. The highest BCUT2D eigenvalue weighted by Crippen LogP contribution is 2.33.